The van der Waals surface area contributed by atoms with E-state index in [0.29, 0.717) is 17.1 Å². The summed E-state index contributed by atoms with van der Waals surface area (Å²) in [4.78, 5) is 14.8. The van der Waals surface area contributed by atoms with Crippen LogP contribution >= 0.6 is 0 Å². The molecule has 0 fully saturated rings. The van der Waals surface area contributed by atoms with Gasteiger partial charge >= 0.3 is 0 Å². The average Bonchev–Trinajstić information content (AvgIpc) is 3.63. The maximum atomic E-state index is 13.4. The molecule has 0 aliphatic carbocycles. The minimum atomic E-state index is -0.731. The van der Waals surface area contributed by atoms with E-state index in [1.807, 2.05) is 0 Å². The van der Waals surface area contributed by atoms with Crippen LogP contribution in [0.25, 0.3) is 34.2 Å². The maximum Gasteiger partial charge on any atom is 0.283 e. The number of rotatable bonds is 6. The Bertz CT molecular complexity index is 1550. The zero-order valence-corrected chi connectivity index (χ0v) is 17.1. The molecule has 34 heavy (non-hydrogen) atoms. The molecule has 0 saturated heterocycles. The molecule has 0 unspecified atom stereocenters. The summed E-state index contributed by atoms with van der Waals surface area (Å²) in [5, 5.41) is 21.1. The summed E-state index contributed by atoms with van der Waals surface area (Å²) in [5.74, 6) is 0.695. The van der Waals surface area contributed by atoms with Gasteiger partial charge in [-0.2, -0.15) is 5.26 Å². The summed E-state index contributed by atoms with van der Waals surface area (Å²) < 4.78 is 35.8. The molecule has 5 rings (SSSR count). The molecule has 166 valence electrons. The second-order valence-corrected chi connectivity index (χ2v) is 6.93. The van der Waals surface area contributed by atoms with Crippen molar-refractivity contribution in [3.63, 3.8) is 0 Å². The lowest BCUT2D eigenvalue weighted by molar-refractivity contribution is -0.384. The Labute approximate surface area is 190 Å². The first-order valence-corrected chi connectivity index (χ1v) is 9.78. The lowest BCUT2D eigenvalue weighted by Crippen LogP contribution is -1.92. The lowest BCUT2D eigenvalue weighted by Gasteiger charge is -1.99. The van der Waals surface area contributed by atoms with Crippen molar-refractivity contribution in [2.45, 2.75) is 0 Å². The number of nitriles is 1. The molecule has 0 amide bonds. The maximum absolute atomic E-state index is 13.4. The van der Waals surface area contributed by atoms with Crippen LogP contribution in [0.3, 0.4) is 0 Å². The molecule has 5 aromatic rings. The zero-order valence-electron chi connectivity index (χ0n) is 17.1. The average molecular weight is 457 g/mol. The molecule has 1 aromatic carbocycles. The number of nitrogens with zero attached hydrogens (tertiary/aromatic N) is 3. The van der Waals surface area contributed by atoms with Gasteiger partial charge in [0.15, 0.2) is 11.5 Å². The molecular formula is C24H12FN3O6. The number of furan rings is 4. The molecule has 9 nitrogen and oxygen atoms in total. The van der Waals surface area contributed by atoms with Crippen molar-refractivity contribution in [1.29, 1.82) is 5.26 Å². The fourth-order valence-electron chi connectivity index (χ4n) is 3.40. The van der Waals surface area contributed by atoms with E-state index in [1.165, 1.54) is 36.9 Å². The van der Waals surface area contributed by atoms with E-state index < -0.39 is 16.4 Å². The van der Waals surface area contributed by atoms with Crippen molar-refractivity contribution in [1.82, 2.24) is 0 Å². The Morgan fingerprint density at radius 2 is 1.76 bits per heavy atom. The van der Waals surface area contributed by atoms with Crippen molar-refractivity contribution in [2.24, 2.45) is 4.99 Å². The number of aliphatic imine (C=N–C) groups is 1. The highest BCUT2D eigenvalue weighted by molar-refractivity contribution is 5.87. The topological polar surface area (TPSA) is 132 Å². The molecule has 4 heterocycles. The molecule has 0 spiro atoms. The quantitative estimate of drug-likeness (QED) is 0.157. The normalized spacial score (nSPS) is 11.2. The van der Waals surface area contributed by atoms with Gasteiger partial charge in [-0.25, -0.2) is 9.38 Å². The second kappa shape index (κ2) is 8.40. The summed E-state index contributed by atoms with van der Waals surface area (Å²) in [6, 6.07) is 15.0. The van der Waals surface area contributed by atoms with Crippen LogP contribution in [0.2, 0.25) is 0 Å². The third kappa shape index (κ3) is 3.67. The van der Waals surface area contributed by atoms with E-state index in [2.05, 4.69) is 11.1 Å². The van der Waals surface area contributed by atoms with Crippen LogP contribution in [0.1, 0.15) is 11.3 Å². The van der Waals surface area contributed by atoms with Crippen LogP contribution in [0, 0.1) is 27.3 Å². The molecule has 0 N–H and O–H groups in total. The number of hydrogen-bond donors (Lipinski definition) is 0. The number of nitro groups is 1. The first-order valence-electron chi connectivity index (χ1n) is 9.78. The first-order chi connectivity index (χ1) is 16.5. The minimum Gasteiger partial charge on any atom is -0.464 e. The van der Waals surface area contributed by atoms with Gasteiger partial charge in [-0.15, -0.1) is 0 Å². The van der Waals surface area contributed by atoms with Crippen LogP contribution in [0.4, 0.5) is 16.0 Å². The Hall–Kier alpha value is -5.17. The molecule has 0 bridgehead atoms. The second-order valence-electron chi connectivity index (χ2n) is 6.93. The van der Waals surface area contributed by atoms with Crippen molar-refractivity contribution >= 4 is 17.8 Å². The highest BCUT2D eigenvalue weighted by atomic mass is 19.1. The van der Waals surface area contributed by atoms with Gasteiger partial charge in [0.05, 0.1) is 40.9 Å². The Morgan fingerprint density at radius 3 is 2.44 bits per heavy atom. The summed E-state index contributed by atoms with van der Waals surface area (Å²) in [6.45, 7) is 0. The Kier molecular flexibility index (Phi) is 5.12. The van der Waals surface area contributed by atoms with Crippen molar-refractivity contribution in [3.05, 3.63) is 94.4 Å². The first kappa shape index (κ1) is 20.7. The van der Waals surface area contributed by atoms with Crippen LogP contribution in [0.15, 0.2) is 89.8 Å². The molecule has 4 aromatic heterocycles. The highest BCUT2D eigenvalue weighted by Crippen LogP contribution is 2.43. The van der Waals surface area contributed by atoms with E-state index in [9.17, 15) is 19.8 Å². The predicted octanol–water partition coefficient (Wildman–Crippen LogP) is 6.73. The van der Waals surface area contributed by atoms with Crippen molar-refractivity contribution in [2.75, 3.05) is 0 Å². The smallest absolute Gasteiger partial charge is 0.283 e. The van der Waals surface area contributed by atoms with Gasteiger partial charge in [-0.3, -0.25) is 10.1 Å². The van der Waals surface area contributed by atoms with Crippen LogP contribution in [-0.2, 0) is 0 Å². The van der Waals surface area contributed by atoms with Crippen LogP contribution < -0.4 is 0 Å². The highest BCUT2D eigenvalue weighted by Gasteiger charge is 2.26. The van der Waals surface area contributed by atoms with E-state index in [-0.39, 0.29) is 34.3 Å². The third-order valence-electron chi connectivity index (χ3n) is 4.87. The van der Waals surface area contributed by atoms with E-state index in [0.717, 1.165) is 12.1 Å². The molecule has 0 aliphatic rings. The lowest BCUT2D eigenvalue weighted by atomic mass is 10.1. The molecule has 0 aliphatic heterocycles. The summed E-state index contributed by atoms with van der Waals surface area (Å²) in [6.07, 6.45) is 4.24. The van der Waals surface area contributed by atoms with E-state index in [4.69, 9.17) is 17.7 Å². The monoisotopic (exact) mass is 457 g/mol. The van der Waals surface area contributed by atoms with Gasteiger partial charge in [-0.1, -0.05) is 0 Å². The number of nitro benzene ring substituents is 1. The Balaban J connectivity index is 1.53. The largest absolute Gasteiger partial charge is 0.464 e. The van der Waals surface area contributed by atoms with Gasteiger partial charge in [-0.05, 0) is 48.5 Å². The van der Waals surface area contributed by atoms with E-state index in [1.54, 1.807) is 24.3 Å². The molecular weight excluding hydrogens is 445 g/mol. The van der Waals surface area contributed by atoms with Gasteiger partial charge in [0, 0.05) is 0 Å². The third-order valence-corrected chi connectivity index (χ3v) is 4.87. The van der Waals surface area contributed by atoms with Gasteiger partial charge in [0.2, 0.25) is 5.88 Å². The van der Waals surface area contributed by atoms with Crippen LogP contribution in [0.5, 0.6) is 0 Å². The molecule has 10 heteroatoms. The van der Waals surface area contributed by atoms with Gasteiger partial charge in [0.1, 0.15) is 34.7 Å². The fraction of sp³-hybridized carbons (Fsp3) is 0. The van der Waals surface area contributed by atoms with Crippen molar-refractivity contribution < 1.29 is 27.0 Å². The summed E-state index contributed by atoms with van der Waals surface area (Å²) >= 11 is 0. The van der Waals surface area contributed by atoms with E-state index >= 15 is 0 Å². The Morgan fingerprint density at radius 1 is 1.00 bits per heavy atom. The SMILES string of the molecule is N#Cc1c(N=Cc2ccc(-c3ccc(F)cc3[N+](=O)[O-])o2)oc(-c2ccco2)c1-c1ccco1. The van der Waals surface area contributed by atoms with Gasteiger partial charge in [0.25, 0.3) is 5.69 Å². The van der Waals surface area contributed by atoms with Crippen molar-refractivity contribution in [3.8, 4) is 40.2 Å². The standard InChI is InChI=1S/C24H12FN3O6/c25-14-5-7-16(18(11-14)28(29)30)19-8-6-15(33-19)13-27-24-17(12-26)22(20-3-1-9-31-20)23(34-24)21-4-2-10-32-21/h1-11,13H. The van der Waals surface area contributed by atoms with Gasteiger partial charge < -0.3 is 17.7 Å². The number of hydrogen-bond acceptors (Lipinski definition) is 8. The summed E-state index contributed by atoms with van der Waals surface area (Å²) in [7, 11) is 0. The molecule has 0 atom stereocenters. The number of halogens is 1. The summed E-state index contributed by atoms with van der Waals surface area (Å²) in [5.41, 5.74) is 0.194. The predicted molar refractivity (Wildman–Crippen MR) is 117 cm³/mol. The fourth-order valence-corrected chi connectivity index (χ4v) is 3.40. The zero-order chi connectivity index (χ0) is 23.7. The number of benzene rings is 1. The molecule has 0 radical (unpaired) electrons. The van der Waals surface area contributed by atoms with Crippen LogP contribution in [-0.4, -0.2) is 11.1 Å². The minimum absolute atomic E-state index is 0.00832. The molecule has 0 saturated carbocycles.